The zero-order valence-corrected chi connectivity index (χ0v) is 16.7. The van der Waals surface area contributed by atoms with Crippen LogP contribution in [0.1, 0.15) is 25.8 Å². The minimum atomic E-state index is -0.639. The fourth-order valence-electron chi connectivity index (χ4n) is 2.79. The van der Waals surface area contributed by atoms with E-state index >= 15 is 0 Å². The topological polar surface area (TPSA) is 49.2 Å². The lowest BCUT2D eigenvalue weighted by atomic mass is 9.95. The van der Waals surface area contributed by atoms with E-state index in [1.807, 2.05) is 31.2 Å². The van der Waals surface area contributed by atoms with E-state index in [2.05, 4.69) is 17.0 Å². The maximum absolute atomic E-state index is 6.60. The minimum Gasteiger partial charge on any atom is -0.457 e. The predicted molar refractivity (Wildman–Crippen MR) is 107 cm³/mol. The summed E-state index contributed by atoms with van der Waals surface area (Å²) in [5, 5.41) is 5.42. The molecule has 0 N–H and O–H groups in total. The van der Waals surface area contributed by atoms with Crippen molar-refractivity contribution in [3.05, 3.63) is 70.7 Å². The molecular weight excluding hydrogens is 385 g/mol. The molecule has 1 atom stereocenters. The molecule has 0 bridgehead atoms. The SMILES string of the molecule is CCCOC(C)(Cn1cncn1)c1ccc(Oc2ccc(Cl)cc2)cc1Cl. The Morgan fingerprint density at radius 2 is 1.81 bits per heavy atom. The second-order valence-electron chi connectivity index (χ2n) is 6.37. The highest BCUT2D eigenvalue weighted by molar-refractivity contribution is 6.31. The summed E-state index contributed by atoms with van der Waals surface area (Å²) in [6.45, 7) is 5.19. The van der Waals surface area contributed by atoms with Gasteiger partial charge in [0.15, 0.2) is 0 Å². The lowest BCUT2D eigenvalue weighted by Crippen LogP contribution is -2.32. The molecular formula is C20H21Cl2N3O2. The highest BCUT2D eigenvalue weighted by atomic mass is 35.5. The van der Waals surface area contributed by atoms with Crippen molar-refractivity contribution in [3.8, 4) is 11.5 Å². The smallest absolute Gasteiger partial charge is 0.137 e. The van der Waals surface area contributed by atoms with Gasteiger partial charge in [0.2, 0.25) is 0 Å². The summed E-state index contributed by atoms with van der Waals surface area (Å²) in [6, 6.07) is 12.8. The second kappa shape index (κ2) is 8.74. The molecule has 1 heterocycles. The normalized spacial score (nSPS) is 13.3. The molecule has 0 aliphatic carbocycles. The molecule has 0 amide bonds. The average molecular weight is 406 g/mol. The number of halogens is 2. The standard InChI is InChI=1S/C20H21Cl2N3O2/c1-3-10-26-20(2,12-25-14-23-13-24-25)18-9-8-17(11-19(18)22)27-16-6-4-15(21)5-7-16/h4-9,11,13-14H,3,10,12H2,1-2H3. The van der Waals surface area contributed by atoms with Gasteiger partial charge in [-0.25, -0.2) is 9.67 Å². The Kier molecular flexibility index (Phi) is 6.37. The van der Waals surface area contributed by atoms with E-state index < -0.39 is 5.60 Å². The van der Waals surface area contributed by atoms with Gasteiger partial charge in [0, 0.05) is 17.2 Å². The third-order valence-electron chi connectivity index (χ3n) is 4.11. The monoisotopic (exact) mass is 405 g/mol. The Bertz CT molecular complexity index is 869. The molecule has 1 aromatic heterocycles. The summed E-state index contributed by atoms with van der Waals surface area (Å²) >= 11 is 12.5. The molecule has 5 nitrogen and oxygen atoms in total. The fraction of sp³-hybridized carbons (Fsp3) is 0.300. The quantitative estimate of drug-likeness (QED) is 0.480. The van der Waals surface area contributed by atoms with Gasteiger partial charge in [-0.05, 0) is 49.7 Å². The van der Waals surface area contributed by atoms with Gasteiger partial charge in [-0.15, -0.1) is 0 Å². The summed E-state index contributed by atoms with van der Waals surface area (Å²) in [5.74, 6) is 1.33. The summed E-state index contributed by atoms with van der Waals surface area (Å²) in [4.78, 5) is 4.00. The Hall–Kier alpha value is -2.08. The zero-order valence-electron chi connectivity index (χ0n) is 15.2. The molecule has 3 aromatic rings. The van der Waals surface area contributed by atoms with E-state index in [4.69, 9.17) is 32.7 Å². The van der Waals surface area contributed by atoms with E-state index in [0.29, 0.717) is 34.7 Å². The Balaban J connectivity index is 1.85. The van der Waals surface area contributed by atoms with Crippen molar-refractivity contribution in [2.24, 2.45) is 0 Å². The third kappa shape index (κ3) is 5.01. The molecule has 27 heavy (non-hydrogen) atoms. The number of hydrogen-bond donors (Lipinski definition) is 0. The number of benzene rings is 2. The zero-order chi connectivity index (χ0) is 19.3. The van der Waals surface area contributed by atoms with Gasteiger partial charge in [-0.2, -0.15) is 5.10 Å². The molecule has 1 unspecified atom stereocenters. The highest BCUT2D eigenvalue weighted by Gasteiger charge is 2.31. The minimum absolute atomic E-state index is 0.504. The van der Waals surface area contributed by atoms with E-state index in [-0.39, 0.29) is 0 Å². The van der Waals surface area contributed by atoms with Crippen LogP contribution in [0.25, 0.3) is 0 Å². The van der Waals surface area contributed by atoms with Gasteiger partial charge in [-0.3, -0.25) is 0 Å². The van der Waals surface area contributed by atoms with Gasteiger partial charge in [0.05, 0.1) is 11.6 Å². The number of rotatable bonds is 8. The first-order chi connectivity index (χ1) is 13.0. The molecule has 142 valence electrons. The summed E-state index contributed by atoms with van der Waals surface area (Å²) in [7, 11) is 0. The summed E-state index contributed by atoms with van der Waals surface area (Å²) < 4.78 is 13.8. The van der Waals surface area contributed by atoms with Crippen LogP contribution >= 0.6 is 23.2 Å². The van der Waals surface area contributed by atoms with E-state index in [0.717, 1.165) is 12.0 Å². The van der Waals surface area contributed by atoms with Crippen molar-refractivity contribution in [3.63, 3.8) is 0 Å². The van der Waals surface area contributed by atoms with Gasteiger partial charge in [0.25, 0.3) is 0 Å². The molecule has 0 saturated heterocycles. The van der Waals surface area contributed by atoms with E-state index in [1.165, 1.54) is 6.33 Å². The van der Waals surface area contributed by atoms with Crippen LogP contribution in [0.5, 0.6) is 11.5 Å². The van der Waals surface area contributed by atoms with Crippen molar-refractivity contribution in [1.29, 1.82) is 0 Å². The first-order valence-electron chi connectivity index (χ1n) is 8.70. The first-order valence-corrected chi connectivity index (χ1v) is 9.45. The van der Waals surface area contributed by atoms with Crippen LogP contribution in [0.15, 0.2) is 55.1 Å². The molecule has 0 aliphatic heterocycles. The van der Waals surface area contributed by atoms with Crippen molar-refractivity contribution in [2.75, 3.05) is 6.61 Å². The van der Waals surface area contributed by atoms with Crippen molar-refractivity contribution in [2.45, 2.75) is 32.4 Å². The maximum Gasteiger partial charge on any atom is 0.137 e. The lowest BCUT2D eigenvalue weighted by Gasteiger charge is -2.31. The molecule has 0 radical (unpaired) electrons. The van der Waals surface area contributed by atoms with Crippen LogP contribution in [0, 0.1) is 0 Å². The van der Waals surface area contributed by atoms with Crippen LogP contribution in [-0.4, -0.2) is 21.4 Å². The molecule has 3 rings (SSSR count). The Morgan fingerprint density at radius 1 is 1.07 bits per heavy atom. The Labute approximate surface area is 168 Å². The Morgan fingerprint density at radius 3 is 2.44 bits per heavy atom. The van der Waals surface area contributed by atoms with Crippen LogP contribution in [0.4, 0.5) is 0 Å². The third-order valence-corrected chi connectivity index (χ3v) is 4.68. The van der Waals surface area contributed by atoms with Crippen LogP contribution < -0.4 is 4.74 Å². The molecule has 0 aliphatic rings. The average Bonchev–Trinajstić information content (AvgIpc) is 3.15. The van der Waals surface area contributed by atoms with E-state index in [9.17, 15) is 0 Å². The maximum atomic E-state index is 6.60. The van der Waals surface area contributed by atoms with Crippen molar-refractivity contribution < 1.29 is 9.47 Å². The van der Waals surface area contributed by atoms with Gasteiger partial charge < -0.3 is 9.47 Å². The fourth-order valence-corrected chi connectivity index (χ4v) is 3.28. The molecule has 7 heteroatoms. The summed E-state index contributed by atoms with van der Waals surface area (Å²) in [6.07, 6.45) is 4.08. The second-order valence-corrected chi connectivity index (χ2v) is 7.21. The van der Waals surface area contributed by atoms with Crippen molar-refractivity contribution in [1.82, 2.24) is 14.8 Å². The number of nitrogens with zero attached hydrogens (tertiary/aromatic N) is 3. The van der Waals surface area contributed by atoms with Crippen molar-refractivity contribution >= 4 is 23.2 Å². The number of ether oxygens (including phenoxy) is 2. The van der Waals surface area contributed by atoms with E-state index in [1.54, 1.807) is 29.2 Å². The lowest BCUT2D eigenvalue weighted by molar-refractivity contribution is -0.0507. The van der Waals surface area contributed by atoms with Gasteiger partial charge >= 0.3 is 0 Å². The molecule has 0 spiro atoms. The number of hydrogen-bond acceptors (Lipinski definition) is 4. The summed E-state index contributed by atoms with van der Waals surface area (Å²) in [5.41, 5.74) is 0.233. The van der Waals surface area contributed by atoms with Gasteiger partial charge in [0.1, 0.15) is 29.8 Å². The number of aromatic nitrogens is 3. The van der Waals surface area contributed by atoms with Gasteiger partial charge in [-0.1, -0.05) is 36.2 Å². The predicted octanol–water partition coefficient (Wildman–Crippen LogP) is 5.72. The van der Waals surface area contributed by atoms with Crippen LogP contribution in [0.3, 0.4) is 0 Å². The molecule has 2 aromatic carbocycles. The highest BCUT2D eigenvalue weighted by Crippen LogP contribution is 2.36. The molecule has 0 fully saturated rings. The molecule has 0 saturated carbocycles. The first kappa shape index (κ1) is 19.7. The van der Waals surface area contributed by atoms with Crippen LogP contribution in [0.2, 0.25) is 10.0 Å². The van der Waals surface area contributed by atoms with Crippen LogP contribution in [-0.2, 0) is 16.9 Å². The largest absolute Gasteiger partial charge is 0.457 e.